The van der Waals surface area contributed by atoms with E-state index in [4.69, 9.17) is 0 Å². The van der Waals surface area contributed by atoms with Crippen LogP contribution in [0.15, 0.2) is 42.5 Å². The van der Waals surface area contributed by atoms with Crippen LogP contribution in [0.3, 0.4) is 0 Å². The van der Waals surface area contributed by atoms with Crippen molar-refractivity contribution in [1.82, 2.24) is 4.90 Å². The average molecular weight is 418 g/mol. The fourth-order valence-electron chi connectivity index (χ4n) is 2.68. The second-order valence-corrected chi connectivity index (χ2v) is 8.89. The normalized spacial score (nSPS) is 10.5. The van der Waals surface area contributed by atoms with Crippen molar-refractivity contribution in [1.29, 1.82) is 0 Å². The Labute approximate surface area is 163 Å². The van der Waals surface area contributed by atoms with E-state index < -0.39 is 0 Å². The van der Waals surface area contributed by atoms with Gasteiger partial charge in [0.2, 0.25) is 0 Å². The summed E-state index contributed by atoms with van der Waals surface area (Å²) >= 11 is 0.0657. The SMILES string of the molecule is CCN(CC)C(=O)c1ccc(N(C)C)cc1[Se]c1cccc(N(C)C)c1. The molecule has 0 heterocycles. The van der Waals surface area contributed by atoms with Crippen molar-refractivity contribution in [2.45, 2.75) is 13.8 Å². The number of benzene rings is 2. The zero-order valence-corrected chi connectivity index (χ0v) is 18.3. The van der Waals surface area contributed by atoms with Gasteiger partial charge in [0, 0.05) is 0 Å². The van der Waals surface area contributed by atoms with Gasteiger partial charge in [-0.25, -0.2) is 0 Å². The fraction of sp³-hybridized carbons (Fsp3) is 0.381. The molecular formula is C21H29N3OSe. The Bertz CT molecular complexity index is 755. The van der Waals surface area contributed by atoms with E-state index in [-0.39, 0.29) is 20.9 Å². The summed E-state index contributed by atoms with van der Waals surface area (Å²) in [6.45, 7) is 5.52. The van der Waals surface area contributed by atoms with Gasteiger partial charge in [-0.3, -0.25) is 0 Å². The van der Waals surface area contributed by atoms with E-state index in [1.807, 2.05) is 59.1 Å². The third-order valence-corrected chi connectivity index (χ3v) is 6.52. The molecular weight excluding hydrogens is 389 g/mol. The number of amides is 1. The van der Waals surface area contributed by atoms with Crippen LogP contribution in [0.2, 0.25) is 0 Å². The van der Waals surface area contributed by atoms with Crippen molar-refractivity contribution in [3.63, 3.8) is 0 Å². The Morgan fingerprint density at radius 1 is 0.885 bits per heavy atom. The molecule has 0 aromatic heterocycles. The molecule has 0 bridgehead atoms. The molecule has 1 amide bonds. The predicted molar refractivity (Wildman–Crippen MR) is 114 cm³/mol. The van der Waals surface area contributed by atoms with Crippen LogP contribution < -0.4 is 18.7 Å². The van der Waals surface area contributed by atoms with Crippen LogP contribution in [0, 0.1) is 0 Å². The first-order chi connectivity index (χ1) is 12.4. The summed E-state index contributed by atoms with van der Waals surface area (Å²) in [5.74, 6) is 0.126. The van der Waals surface area contributed by atoms with E-state index in [1.165, 1.54) is 10.1 Å². The van der Waals surface area contributed by atoms with E-state index in [1.54, 1.807) is 0 Å². The van der Waals surface area contributed by atoms with Gasteiger partial charge in [-0.15, -0.1) is 0 Å². The van der Waals surface area contributed by atoms with E-state index in [2.05, 4.69) is 40.1 Å². The van der Waals surface area contributed by atoms with Crippen molar-refractivity contribution in [3.8, 4) is 0 Å². The van der Waals surface area contributed by atoms with Crippen LogP contribution in [-0.2, 0) is 0 Å². The molecule has 0 N–H and O–H groups in total. The van der Waals surface area contributed by atoms with Gasteiger partial charge >= 0.3 is 164 Å². The molecule has 0 saturated carbocycles. The molecule has 0 spiro atoms. The van der Waals surface area contributed by atoms with Crippen LogP contribution in [0.25, 0.3) is 0 Å². The van der Waals surface area contributed by atoms with Gasteiger partial charge < -0.3 is 0 Å². The van der Waals surface area contributed by atoms with Crippen LogP contribution in [-0.4, -0.2) is 67.0 Å². The quantitative estimate of drug-likeness (QED) is 0.644. The van der Waals surface area contributed by atoms with E-state index in [0.29, 0.717) is 0 Å². The molecule has 140 valence electrons. The van der Waals surface area contributed by atoms with Gasteiger partial charge in [0.1, 0.15) is 0 Å². The van der Waals surface area contributed by atoms with Crippen LogP contribution in [0.5, 0.6) is 0 Å². The minimum absolute atomic E-state index is 0.0657. The standard InChI is InChI=1S/C21H29N3OSe/c1-7-24(8-2)21(25)19-13-12-17(23(5)6)15-20(19)26-18-11-9-10-16(14-18)22(3)4/h9-15H,7-8H2,1-6H3. The number of carbonyl (C=O) groups excluding carboxylic acids is 1. The first-order valence-corrected chi connectivity index (χ1v) is 10.6. The Kier molecular flexibility index (Phi) is 7.13. The zero-order chi connectivity index (χ0) is 19.3. The third-order valence-electron chi connectivity index (χ3n) is 4.32. The van der Waals surface area contributed by atoms with Crippen molar-refractivity contribution in [2.24, 2.45) is 0 Å². The summed E-state index contributed by atoms with van der Waals surface area (Å²) in [4.78, 5) is 19.1. The Hall–Kier alpha value is -1.97. The van der Waals surface area contributed by atoms with Crippen LogP contribution in [0.1, 0.15) is 24.2 Å². The van der Waals surface area contributed by atoms with Crippen molar-refractivity contribution in [2.75, 3.05) is 51.1 Å². The minimum atomic E-state index is 0.0657. The number of anilines is 2. The number of hydrogen-bond donors (Lipinski definition) is 0. The first kappa shape index (κ1) is 20.3. The molecule has 5 heteroatoms. The van der Waals surface area contributed by atoms with E-state index in [9.17, 15) is 4.79 Å². The van der Waals surface area contributed by atoms with Gasteiger partial charge in [0.15, 0.2) is 0 Å². The molecule has 0 aliphatic rings. The molecule has 0 aliphatic heterocycles. The molecule has 0 fully saturated rings. The molecule has 2 rings (SSSR count). The summed E-state index contributed by atoms with van der Waals surface area (Å²) in [7, 11) is 8.16. The molecule has 0 unspecified atom stereocenters. The first-order valence-electron chi connectivity index (χ1n) is 8.93. The van der Waals surface area contributed by atoms with Gasteiger partial charge in [-0.05, 0) is 0 Å². The maximum absolute atomic E-state index is 13.0. The average Bonchev–Trinajstić information content (AvgIpc) is 2.62. The van der Waals surface area contributed by atoms with Gasteiger partial charge in [-0.1, -0.05) is 0 Å². The van der Waals surface area contributed by atoms with Crippen LogP contribution >= 0.6 is 0 Å². The van der Waals surface area contributed by atoms with E-state index in [0.717, 1.165) is 28.8 Å². The molecule has 0 radical (unpaired) electrons. The summed E-state index contributed by atoms with van der Waals surface area (Å²) in [5, 5.41) is 0. The number of rotatable bonds is 7. The molecule has 2 aromatic rings. The molecule has 0 saturated heterocycles. The zero-order valence-electron chi connectivity index (χ0n) is 16.6. The molecule has 0 atom stereocenters. The number of carbonyl (C=O) groups is 1. The Morgan fingerprint density at radius 3 is 2.08 bits per heavy atom. The summed E-state index contributed by atoms with van der Waals surface area (Å²) < 4.78 is 2.41. The van der Waals surface area contributed by atoms with Gasteiger partial charge in [-0.2, -0.15) is 0 Å². The van der Waals surface area contributed by atoms with E-state index >= 15 is 0 Å². The molecule has 0 aliphatic carbocycles. The Morgan fingerprint density at radius 2 is 1.50 bits per heavy atom. The second kappa shape index (κ2) is 9.11. The van der Waals surface area contributed by atoms with Crippen molar-refractivity contribution >= 4 is 41.2 Å². The molecule has 26 heavy (non-hydrogen) atoms. The molecule has 2 aromatic carbocycles. The van der Waals surface area contributed by atoms with Crippen molar-refractivity contribution < 1.29 is 4.79 Å². The van der Waals surface area contributed by atoms with Crippen LogP contribution in [0.4, 0.5) is 11.4 Å². The maximum atomic E-state index is 13.0. The Balaban J connectivity index is 2.45. The molecule has 4 nitrogen and oxygen atoms in total. The monoisotopic (exact) mass is 419 g/mol. The van der Waals surface area contributed by atoms with Gasteiger partial charge in [0.05, 0.1) is 0 Å². The third kappa shape index (κ3) is 4.80. The number of hydrogen-bond acceptors (Lipinski definition) is 3. The fourth-order valence-corrected chi connectivity index (χ4v) is 4.83. The van der Waals surface area contributed by atoms with Gasteiger partial charge in [0.25, 0.3) is 0 Å². The topological polar surface area (TPSA) is 26.8 Å². The summed E-state index contributed by atoms with van der Waals surface area (Å²) in [6.07, 6.45) is 0. The summed E-state index contributed by atoms with van der Waals surface area (Å²) in [5.41, 5.74) is 3.14. The second-order valence-electron chi connectivity index (χ2n) is 6.55. The predicted octanol–water partition coefficient (Wildman–Crippen LogP) is 1.96. The number of nitrogens with zero attached hydrogens (tertiary/aromatic N) is 3. The summed E-state index contributed by atoms with van der Waals surface area (Å²) in [6, 6.07) is 14.8. The van der Waals surface area contributed by atoms with Crippen molar-refractivity contribution in [3.05, 3.63) is 48.0 Å².